The molecule has 1 aromatic rings. The summed E-state index contributed by atoms with van der Waals surface area (Å²) in [6.45, 7) is 3.95. The Labute approximate surface area is 118 Å². The molecule has 1 aliphatic heterocycles. The highest BCUT2D eigenvalue weighted by atomic mass is 35.5. The first-order valence-electron chi connectivity index (χ1n) is 6.94. The third-order valence-corrected chi connectivity index (χ3v) is 4.67. The van der Waals surface area contributed by atoms with E-state index in [1.54, 1.807) is 0 Å². The van der Waals surface area contributed by atoms with Crippen LogP contribution in [0.5, 0.6) is 0 Å². The van der Waals surface area contributed by atoms with Crippen LogP contribution in [0.1, 0.15) is 30.5 Å². The summed E-state index contributed by atoms with van der Waals surface area (Å²) in [5.74, 6) is 0.767. The lowest BCUT2D eigenvalue weighted by Gasteiger charge is -2.32. The van der Waals surface area contributed by atoms with E-state index in [0.717, 1.165) is 31.0 Å². The molecule has 2 N–H and O–H groups in total. The van der Waals surface area contributed by atoms with Gasteiger partial charge in [-0.15, -0.1) is 0 Å². The van der Waals surface area contributed by atoms with Gasteiger partial charge in [0.25, 0.3) is 0 Å². The Kier molecular flexibility index (Phi) is 3.50. The van der Waals surface area contributed by atoms with E-state index in [1.807, 2.05) is 25.1 Å². The maximum Gasteiger partial charge on any atom is 0.223 e. The van der Waals surface area contributed by atoms with Crippen molar-refractivity contribution in [3.63, 3.8) is 0 Å². The number of hydrogen-bond donors (Lipinski definition) is 2. The zero-order chi connectivity index (χ0) is 13.4. The van der Waals surface area contributed by atoms with Gasteiger partial charge in [-0.25, -0.2) is 0 Å². The van der Waals surface area contributed by atoms with Gasteiger partial charge in [-0.1, -0.05) is 24.6 Å². The maximum atomic E-state index is 12.2. The van der Waals surface area contributed by atoms with Gasteiger partial charge in [-0.05, 0) is 55.1 Å². The molecule has 0 spiro atoms. The molecule has 2 atom stereocenters. The first-order chi connectivity index (χ1) is 9.15. The number of aryl methyl sites for hydroxylation is 1. The van der Waals surface area contributed by atoms with Crippen LogP contribution < -0.4 is 10.6 Å². The monoisotopic (exact) mass is 278 g/mol. The van der Waals surface area contributed by atoms with Crippen molar-refractivity contribution in [2.24, 2.45) is 11.8 Å². The average Bonchev–Trinajstić information content (AvgIpc) is 2.69. The molecule has 3 rings (SSSR count). The SMILES string of the molecule is CC(C(=O)NC1CCc2cc(Cl)ccc21)C1CNC1. The van der Waals surface area contributed by atoms with Gasteiger partial charge in [0.2, 0.25) is 5.91 Å². The predicted molar refractivity (Wildman–Crippen MR) is 76.2 cm³/mol. The van der Waals surface area contributed by atoms with Crippen molar-refractivity contribution in [1.29, 1.82) is 0 Å². The van der Waals surface area contributed by atoms with Crippen molar-refractivity contribution in [3.05, 3.63) is 34.3 Å². The van der Waals surface area contributed by atoms with Crippen molar-refractivity contribution in [3.8, 4) is 0 Å². The maximum absolute atomic E-state index is 12.2. The van der Waals surface area contributed by atoms with Crippen molar-refractivity contribution >= 4 is 17.5 Å². The Morgan fingerprint density at radius 2 is 2.26 bits per heavy atom. The minimum absolute atomic E-state index is 0.0950. The fourth-order valence-electron chi connectivity index (χ4n) is 2.92. The molecule has 0 aromatic heterocycles. The molecule has 1 amide bonds. The summed E-state index contributed by atoms with van der Waals surface area (Å²) >= 11 is 6.00. The summed E-state index contributed by atoms with van der Waals surface area (Å²) in [5, 5.41) is 7.19. The minimum atomic E-state index is 0.0950. The Balaban J connectivity index is 1.67. The van der Waals surface area contributed by atoms with Gasteiger partial charge in [0.05, 0.1) is 6.04 Å². The number of rotatable bonds is 3. The molecule has 102 valence electrons. The Hall–Kier alpha value is -1.06. The molecule has 3 nitrogen and oxygen atoms in total. The second-order valence-corrected chi connectivity index (χ2v) is 6.09. The summed E-state index contributed by atoms with van der Waals surface area (Å²) in [6, 6.07) is 6.13. The Bertz CT molecular complexity index is 499. The van der Waals surface area contributed by atoms with Crippen LogP contribution in [0.2, 0.25) is 5.02 Å². The number of halogens is 1. The summed E-state index contributed by atoms with van der Waals surface area (Å²) in [4.78, 5) is 12.2. The molecular weight excluding hydrogens is 260 g/mol. The number of carbonyl (C=O) groups is 1. The third-order valence-electron chi connectivity index (χ3n) is 4.43. The quantitative estimate of drug-likeness (QED) is 0.891. The second-order valence-electron chi connectivity index (χ2n) is 5.65. The Morgan fingerprint density at radius 1 is 1.47 bits per heavy atom. The molecule has 1 aliphatic carbocycles. The average molecular weight is 279 g/mol. The lowest BCUT2D eigenvalue weighted by atomic mass is 9.88. The lowest BCUT2D eigenvalue weighted by Crippen LogP contribution is -2.49. The number of amides is 1. The van der Waals surface area contributed by atoms with Gasteiger partial charge in [0.15, 0.2) is 0 Å². The molecule has 0 bridgehead atoms. The van der Waals surface area contributed by atoms with Gasteiger partial charge in [0, 0.05) is 10.9 Å². The van der Waals surface area contributed by atoms with Crippen molar-refractivity contribution < 1.29 is 4.79 Å². The van der Waals surface area contributed by atoms with E-state index < -0.39 is 0 Å². The molecule has 0 saturated carbocycles. The zero-order valence-electron chi connectivity index (χ0n) is 11.1. The van der Waals surface area contributed by atoms with E-state index >= 15 is 0 Å². The molecule has 1 fully saturated rings. The summed E-state index contributed by atoms with van der Waals surface area (Å²) in [5.41, 5.74) is 2.51. The molecule has 0 radical (unpaired) electrons. The van der Waals surface area contributed by atoms with E-state index in [-0.39, 0.29) is 17.9 Å². The third kappa shape index (κ3) is 2.49. The predicted octanol–water partition coefficient (Wildman–Crippen LogP) is 2.30. The first kappa shape index (κ1) is 12.9. The summed E-state index contributed by atoms with van der Waals surface area (Å²) < 4.78 is 0. The normalized spacial score (nSPS) is 23.6. The van der Waals surface area contributed by atoms with Gasteiger partial charge in [0.1, 0.15) is 0 Å². The number of hydrogen-bond acceptors (Lipinski definition) is 2. The van der Waals surface area contributed by atoms with E-state index in [4.69, 9.17) is 11.6 Å². The van der Waals surface area contributed by atoms with Crippen molar-refractivity contribution in [2.45, 2.75) is 25.8 Å². The van der Waals surface area contributed by atoms with Crippen molar-refractivity contribution in [1.82, 2.24) is 10.6 Å². The number of benzene rings is 1. The highest BCUT2D eigenvalue weighted by molar-refractivity contribution is 6.30. The second kappa shape index (κ2) is 5.14. The highest BCUT2D eigenvalue weighted by Crippen LogP contribution is 2.33. The van der Waals surface area contributed by atoms with Crippen molar-refractivity contribution in [2.75, 3.05) is 13.1 Å². The van der Waals surface area contributed by atoms with Crippen LogP contribution in [-0.4, -0.2) is 19.0 Å². The molecule has 1 heterocycles. The largest absolute Gasteiger partial charge is 0.349 e. The van der Waals surface area contributed by atoms with Gasteiger partial charge >= 0.3 is 0 Å². The van der Waals surface area contributed by atoms with Gasteiger partial charge < -0.3 is 10.6 Å². The van der Waals surface area contributed by atoms with Crippen LogP contribution in [0, 0.1) is 11.8 Å². The lowest BCUT2D eigenvalue weighted by molar-refractivity contribution is -0.127. The smallest absolute Gasteiger partial charge is 0.223 e. The van der Waals surface area contributed by atoms with Crippen LogP contribution in [0.4, 0.5) is 0 Å². The van der Waals surface area contributed by atoms with E-state index in [9.17, 15) is 4.79 Å². The molecular formula is C15H19ClN2O. The summed E-state index contributed by atoms with van der Waals surface area (Å²) in [7, 11) is 0. The van der Waals surface area contributed by atoms with Crippen LogP contribution >= 0.6 is 11.6 Å². The zero-order valence-corrected chi connectivity index (χ0v) is 11.8. The highest BCUT2D eigenvalue weighted by Gasteiger charge is 2.31. The molecule has 1 saturated heterocycles. The van der Waals surface area contributed by atoms with Crippen LogP contribution in [-0.2, 0) is 11.2 Å². The minimum Gasteiger partial charge on any atom is -0.349 e. The van der Waals surface area contributed by atoms with Crippen LogP contribution in [0.3, 0.4) is 0 Å². The van der Waals surface area contributed by atoms with Gasteiger partial charge in [-0.2, -0.15) is 0 Å². The molecule has 4 heteroatoms. The molecule has 1 aromatic carbocycles. The topological polar surface area (TPSA) is 41.1 Å². The summed E-state index contributed by atoms with van der Waals surface area (Å²) in [6.07, 6.45) is 1.98. The first-order valence-corrected chi connectivity index (χ1v) is 7.32. The number of fused-ring (bicyclic) bond motifs is 1. The molecule has 2 aliphatic rings. The van der Waals surface area contributed by atoms with E-state index in [1.165, 1.54) is 11.1 Å². The van der Waals surface area contributed by atoms with Crippen LogP contribution in [0.15, 0.2) is 18.2 Å². The molecule has 19 heavy (non-hydrogen) atoms. The number of carbonyl (C=O) groups excluding carboxylic acids is 1. The van der Waals surface area contributed by atoms with Gasteiger partial charge in [-0.3, -0.25) is 4.79 Å². The van der Waals surface area contributed by atoms with Crippen LogP contribution in [0.25, 0.3) is 0 Å². The Morgan fingerprint density at radius 3 is 2.95 bits per heavy atom. The fourth-order valence-corrected chi connectivity index (χ4v) is 3.11. The van der Waals surface area contributed by atoms with E-state index in [2.05, 4.69) is 10.6 Å². The fraction of sp³-hybridized carbons (Fsp3) is 0.533. The number of nitrogens with one attached hydrogen (secondary N) is 2. The van der Waals surface area contributed by atoms with E-state index in [0.29, 0.717) is 5.92 Å². The standard InChI is InChI=1S/C15H19ClN2O/c1-9(11-7-17-8-11)15(19)18-14-5-2-10-6-12(16)3-4-13(10)14/h3-4,6,9,11,14,17H,2,5,7-8H2,1H3,(H,18,19). The molecule has 2 unspecified atom stereocenters.